The van der Waals surface area contributed by atoms with Gasteiger partial charge in [-0.3, -0.25) is 0 Å². The van der Waals surface area contributed by atoms with Gasteiger partial charge in [0.1, 0.15) is 6.61 Å². The Hall–Kier alpha value is -1.55. The standard InChI is InChI=1S/C13H16N2O2/c16-13(15-12-10-6-14-7-11(10)12)17-8-9-4-2-1-3-5-9/h1-5,10-12,14H,6-8H2,(H,15,16)/t10-,11-/m0/s1. The predicted octanol–water partition coefficient (Wildman–Crippen LogP) is 1.13. The molecule has 0 unspecified atom stereocenters. The smallest absolute Gasteiger partial charge is 0.407 e. The maximum Gasteiger partial charge on any atom is 0.407 e. The summed E-state index contributed by atoms with van der Waals surface area (Å²) in [6.45, 7) is 2.38. The maximum absolute atomic E-state index is 11.5. The summed E-state index contributed by atoms with van der Waals surface area (Å²) in [7, 11) is 0. The molecule has 2 N–H and O–H groups in total. The second-order valence-corrected chi connectivity index (χ2v) is 4.72. The fourth-order valence-electron chi connectivity index (χ4n) is 2.53. The summed E-state index contributed by atoms with van der Waals surface area (Å²) < 4.78 is 5.17. The number of hydrogen-bond donors (Lipinski definition) is 2. The largest absolute Gasteiger partial charge is 0.445 e. The zero-order chi connectivity index (χ0) is 11.7. The minimum Gasteiger partial charge on any atom is -0.445 e. The number of rotatable bonds is 3. The molecule has 0 radical (unpaired) electrons. The topological polar surface area (TPSA) is 50.4 Å². The molecule has 0 spiro atoms. The van der Waals surface area contributed by atoms with Gasteiger partial charge < -0.3 is 15.4 Å². The molecule has 2 aliphatic rings. The zero-order valence-electron chi connectivity index (χ0n) is 9.56. The number of fused-ring (bicyclic) bond motifs is 1. The van der Waals surface area contributed by atoms with E-state index in [0.717, 1.165) is 18.7 Å². The molecule has 3 rings (SSSR count). The number of benzene rings is 1. The van der Waals surface area contributed by atoms with Crippen LogP contribution < -0.4 is 10.6 Å². The SMILES string of the molecule is O=C(NC1[C@H]2CNC[C@H]12)OCc1ccccc1. The van der Waals surface area contributed by atoms with Crippen LogP contribution in [0.5, 0.6) is 0 Å². The molecule has 1 saturated carbocycles. The van der Waals surface area contributed by atoms with Crippen molar-refractivity contribution < 1.29 is 9.53 Å². The van der Waals surface area contributed by atoms with Crippen molar-refractivity contribution in [3.05, 3.63) is 35.9 Å². The van der Waals surface area contributed by atoms with Gasteiger partial charge in [0.2, 0.25) is 0 Å². The summed E-state index contributed by atoms with van der Waals surface area (Å²) in [4.78, 5) is 11.5. The van der Waals surface area contributed by atoms with Crippen molar-refractivity contribution in [2.75, 3.05) is 13.1 Å². The Morgan fingerprint density at radius 1 is 1.29 bits per heavy atom. The van der Waals surface area contributed by atoms with Crippen LogP contribution in [0.1, 0.15) is 5.56 Å². The van der Waals surface area contributed by atoms with Gasteiger partial charge in [-0.1, -0.05) is 30.3 Å². The highest BCUT2D eigenvalue weighted by Crippen LogP contribution is 2.41. The van der Waals surface area contributed by atoms with Crippen LogP contribution in [0.3, 0.4) is 0 Å². The van der Waals surface area contributed by atoms with Crippen LogP contribution in [0, 0.1) is 11.8 Å². The van der Waals surface area contributed by atoms with Crippen molar-refractivity contribution >= 4 is 6.09 Å². The van der Waals surface area contributed by atoms with Crippen LogP contribution in [0.4, 0.5) is 4.79 Å². The lowest BCUT2D eigenvalue weighted by atomic mass is 10.2. The fourth-order valence-corrected chi connectivity index (χ4v) is 2.53. The molecule has 1 aromatic carbocycles. The van der Waals surface area contributed by atoms with E-state index in [0.29, 0.717) is 24.5 Å². The van der Waals surface area contributed by atoms with Gasteiger partial charge in [-0.15, -0.1) is 0 Å². The van der Waals surface area contributed by atoms with Gasteiger partial charge in [0.15, 0.2) is 0 Å². The summed E-state index contributed by atoms with van der Waals surface area (Å²) in [5.41, 5.74) is 1.01. The number of piperidine rings is 1. The molecule has 1 amide bonds. The summed E-state index contributed by atoms with van der Waals surface area (Å²) >= 11 is 0. The van der Waals surface area contributed by atoms with E-state index in [1.165, 1.54) is 0 Å². The molecule has 1 aromatic rings. The third-order valence-electron chi connectivity index (χ3n) is 3.59. The molecular weight excluding hydrogens is 216 g/mol. The molecule has 4 heteroatoms. The van der Waals surface area contributed by atoms with Gasteiger partial charge >= 0.3 is 6.09 Å². The van der Waals surface area contributed by atoms with Gasteiger partial charge in [-0.25, -0.2) is 4.79 Å². The first kappa shape index (κ1) is 10.6. The molecule has 4 nitrogen and oxygen atoms in total. The Balaban J connectivity index is 1.42. The molecule has 1 aliphatic heterocycles. The van der Waals surface area contributed by atoms with Crippen LogP contribution in [0.15, 0.2) is 30.3 Å². The Kier molecular flexibility index (Phi) is 2.73. The van der Waals surface area contributed by atoms with Crippen LogP contribution >= 0.6 is 0 Å². The predicted molar refractivity (Wildman–Crippen MR) is 63.4 cm³/mol. The van der Waals surface area contributed by atoms with Gasteiger partial charge in [-0.2, -0.15) is 0 Å². The van der Waals surface area contributed by atoms with Gasteiger partial charge in [0.25, 0.3) is 0 Å². The lowest BCUT2D eigenvalue weighted by Gasteiger charge is -2.08. The normalized spacial score (nSPS) is 29.5. The second kappa shape index (κ2) is 4.37. The number of nitrogens with one attached hydrogen (secondary N) is 2. The van der Waals surface area contributed by atoms with Gasteiger partial charge in [-0.05, 0) is 17.4 Å². The number of hydrogen-bond acceptors (Lipinski definition) is 3. The van der Waals surface area contributed by atoms with Crippen molar-refractivity contribution in [1.82, 2.24) is 10.6 Å². The minimum absolute atomic E-state index is 0.298. The average Bonchev–Trinajstić information content (AvgIpc) is 2.79. The summed E-state index contributed by atoms with van der Waals surface area (Å²) in [6.07, 6.45) is -0.298. The van der Waals surface area contributed by atoms with Crippen molar-refractivity contribution in [2.45, 2.75) is 12.6 Å². The molecule has 0 bridgehead atoms. The third kappa shape index (κ3) is 2.26. The highest BCUT2D eigenvalue weighted by molar-refractivity contribution is 5.68. The summed E-state index contributed by atoms with van der Waals surface area (Å²) in [6, 6.07) is 10.1. The van der Waals surface area contributed by atoms with Crippen LogP contribution in [0.2, 0.25) is 0 Å². The van der Waals surface area contributed by atoms with Crippen molar-refractivity contribution in [2.24, 2.45) is 11.8 Å². The second-order valence-electron chi connectivity index (χ2n) is 4.72. The molecule has 1 heterocycles. The van der Waals surface area contributed by atoms with Gasteiger partial charge in [0, 0.05) is 19.1 Å². The molecule has 90 valence electrons. The van der Waals surface area contributed by atoms with Crippen LogP contribution in [0.25, 0.3) is 0 Å². The van der Waals surface area contributed by atoms with Crippen molar-refractivity contribution in [3.63, 3.8) is 0 Å². The van der Waals surface area contributed by atoms with E-state index < -0.39 is 0 Å². The summed E-state index contributed by atoms with van der Waals surface area (Å²) in [5.74, 6) is 1.25. The zero-order valence-corrected chi connectivity index (χ0v) is 9.56. The highest BCUT2D eigenvalue weighted by Gasteiger charge is 2.53. The lowest BCUT2D eigenvalue weighted by molar-refractivity contribution is 0.138. The monoisotopic (exact) mass is 232 g/mol. The first-order valence-electron chi connectivity index (χ1n) is 6.02. The molecule has 1 saturated heterocycles. The van der Waals surface area contributed by atoms with Crippen LogP contribution in [-0.2, 0) is 11.3 Å². The highest BCUT2D eigenvalue weighted by atomic mass is 16.5. The number of carbonyl (C=O) groups excluding carboxylic acids is 1. The number of alkyl carbamates (subject to hydrolysis) is 1. The van der Waals surface area contributed by atoms with E-state index >= 15 is 0 Å². The van der Waals surface area contributed by atoms with E-state index in [-0.39, 0.29) is 6.09 Å². The van der Waals surface area contributed by atoms with E-state index in [1.807, 2.05) is 30.3 Å². The molecule has 17 heavy (non-hydrogen) atoms. The minimum atomic E-state index is -0.298. The summed E-state index contributed by atoms with van der Waals surface area (Å²) in [5, 5.41) is 6.22. The molecular formula is C13H16N2O2. The maximum atomic E-state index is 11.5. The molecule has 2 fully saturated rings. The first-order valence-corrected chi connectivity index (χ1v) is 6.02. The Bertz CT molecular complexity index is 397. The van der Waals surface area contributed by atoms with Crippen molar-refractivity contribution in [3.8, 4) is 0 Å². The molecule has 0 aromatic heterocycles. The van der Waals surface area contributed by atoms with E-state index in [2.05, 4.69) is 10.6 Å². The van der Waals surface area contributed by atoms with E-state index in [1.54, 1.807) is 0 Å². The van der Waals surface area contributed by atoms with Crippen molar-refractivity contribution in [1.29, 1.82) is 0 Å². The van der Waals surface area contributed by atoms with E-state index in [9.17, 15) is 4.79 Å². The molecule has 1 aliphatic carbocycles. The van der Waals surface area contributed by atoms with Gasteiger partial charge in [0.05, 0.1) is 0 Å². The first-order chi connectivity index (χ1) is 8.34. The third-order valence-corrected chi connectivity index (χ3v) is 3.59. The average molecular weight is 232 g/mol. The molecule has 2 atom stereocenters. The Morgan fingerprint density at radius 2 is 2.00 bits per heavy atom. The number of carbonyl (C=O) groups is 1. The van der Waals surface area contributed by atoms with E-state index in [4.69, 9.17) is 4.74 Å². The quantitative estimate of drug-likeness (QED) is 0.821. The lowest BCUT2D eigenvalue weighted by Crippen LogP contribution is -2.32. The number of ether oxygens (including phenoxy) is 1. The Morgan fingerprint density at radius 3 is 2.71 bits per heavy atom. The van der Waals surface area contributed by atoms with Crippen LogP contribution in [-0.4, -0.2) is 25.2 Å². The Labute approximate surface area is 100 Å². The number of amides is 1. The fraction of sp³-hybridized carbons (Fsp3) is 0.462.